The molecular formula is C22H22N6S. The molecular weight excluding hydrogens is 380 g/mol. The van der Waals surface area contributed by atoms with Gasteiger partial charge in [0.1, 0.15) is 5.82 Å². The van der Waals surface area contributed by atoms with Gasteiger partial charge in [-0.3, -0.25) is 4.98 Å². The van der Waals surface area contributed by atoms with E-state index in [0.717, 1.165) is 41.1 Å². The summed E-state index contributed by atoms with van der Waals surface area (Å²) in [5, 5.41) is 4.12. The molecule has 2 aliphatic carbocycles. The van der Waals surface area contributed by atoms with Gasteiger partial charge >= 0.3 is 0 Å². The van der Waals surface area contributed by atoms with Gasteiger partial charge in [-0.05, 0) is 52.9 Å². The lowest BCUT2D eigenvalue weighted by Gasteiger charge is -2.23. The number of hydrogen-bond acceptors (Lipinski definition) is 7. The van der Waals surface area contributed by atoms with Crippen LogP contribution in [-0.2, 0) is 6.42 Å². The van der Waals surface area contributed by atoms with E-state index >= 15 is 0 Å². The van der Waals surface area contributed by atoms with Crippen LogP contribution in [0.4, 0.5) is 11.5 Å². The van der Waals surface area contributed by atoms with Crippen LogP contribution >= 0.6 is 11.8 Å². The minimum absolute atomic E-state index is 0.369. The lowest BCUT2D eigenvalue weighted by molar-refractivity contribution is 0.727. The third-order valence-corrected chi connectivity index (χ3v) is 7.25. The first-order valence-corrected chi connectivity index (χ1v) is 10.8. The second-order valence-corrected chi connectivity index (χ2v) is 9.05. The predicted octanol–water partition coefficient (Wildman–Crippen LogP) is 3.03. The maximum Gasteiger partial charge on any atom is 0.194 e. The van der Waals surface area contributed by atoms with Crippen molar-refractivity contribution in [3.05, 3.63) is 54.0 Å². The van der Waals surface area contributed by atoms with E-state index in [1.54, 1.807) is 18.0 Å². The molecule has 2 unspecified atom stereocenters. The molecule has 3 aliphatic rings. The average molecular weight is 403 g/mol. The summed E-state index contributed by atoms with van der Waals surface area (Å²) in [6.07, 6.45) is 4.48. The van der Waals surface area contributed by atoms with E-state index in [9.17, 15) is 0 Å². The van der Waals surface area contributed by atoms with Crippen LogP contribution in [0.1, 0.15) is 11.3 Å². The van der Waals surface area contributed by atoms with Gasteiger partial charge in [0.2, 0.25) is 0 Å². The summed E-state index contributed by atoms with van der Waals surface area (Å²) < 4.78 is 0. The van der Waals surface area contributed by atoms with Crippen LogP contribution < -0.4 is 16.0 Å². The molecule has 6 rings (SSSR count). The van der Waals surface area contributed by atoms with Crippen LogP contribution in [0.5, 0.6) is 0 Å². The molecule has 7 heteroatoms. The fourth-order valence-corrected chi connectivity index (χ4v) is 5.58. The minimum Gasteiger partial charge on any atom is -0.388 e. The molecule has 146 valence electrons. The van der Waals surface area contributed by atoms with Crippen molar-refractivity contribution in [3.63, 3.8) is 0 Å². The zero-order valence-corrected chi connectivity index (χ0v) is 17.0. The van der Waals surface area contributed by atoms with E-state index in [4.69, 9.17) is 15.7 Å². The summed E-state index contributed by atoms with van der Waals surface area (Å²) in [7, 11) is 1.98. The molecule has 6 nitrogen and oxygen atoms in total. The van der Waals surface area contributed by atoms with Gasteiger partial charge in [0, 0.05) is 61.1 Å². The lowest BCUT2D eigenvalue weighted by atomic mass is 10.1. The minimum atomic E-state index is 0.369. The number of benzene rings is 1. The molecule has 29 heavy (non-hydrogen) atoms. The number of nitrogens with two attached hydrogens (primary N) is 1. The normalized spacial score (nSPS) is 23.5. The standard InChI is InChI=1S/C22H22N6S/c1-24-17-6-2-5-13-14(17)8-18-19(13)21(28-10-15-16(11-28)20(15)23)27-22(26-18)29-12-4-3-7-25-9-12/h2-7,9,15-16,20,24H,8,10-11,23H2,1H3. The quantitative estimate of drug-likeness (QED) is 0.508. The number of nitrogens with zero attached hydrogens (tertiary/aromatic N) is 4. The van der Waals surface area contributed by atoms with E-state index in [1.807, 2.05) is 25.4 Å². The van der Waals surface area contributed by atoms with Crippen molar-refractivity contribution in [1.82, 2.24) is 15.0 Å². The monoisotopic (exact) mass is 402 g/mol. The third-order valence-electron chi connectivity index (χ3n) is 6.41. The summed E-state index contributed by atoms with van der Waals surface area (Å²) in [6.45, 7) is 1.99. The number of rotatable bonds is 4. The SMILES string of the molecule is CNc1cccc2c1Cc1nc(Sc3cccnc3)nc(N3CC4C(N)C4C3)c1-2. The van der Waals surface area contributed by atoms with E-state index in [0.29, 0.717) is 17.9 Å². The van der Waals surface area contributed by atoms with Gasteiger partial charge in [-0.2, -0.15) is 0 Å². The molecule has 0 spiro atoms. The zero-order chi connectivity index (χ0) is 19.5. The highest BCUT2D eigenvalue weighted by atomic mass is 32.2. The fraction of sp³-hybridized carbons (Fsp3) is 0.318. The van der Waals surface area contributed by atoms with Gasteiger partial charge < -0.3 is 16.0 Å². The second kappa shape index (κ2) is 6.43. The van der Waals surface area contributed by atoms with Crippen molar-refractivity contribution in [3.8, 4) is 11.1 Å². The molecule has 3 aromatic rings. The van der Waals surface area contributed by atoms with Gasteiger partial charge in [-0.1, -0.05) is 12.1 Å². The van der Waals surface area contributed by atoms with E-state index in [-0.39, 0.29) is 0 Å². The van der Waals surface area contributed by atoms with Gasteiger partial charge in [0.15, 0.2) is 5.16 Å². The molecule has 0 radical (unpaired) electrons. The molecule has 0 amide bonds. The molecule has 2 fully saturated rings. The Morgan fingerprint density at radius 3 is 2.76 bits per heavy atom. The smallest absolute Gasteiger partial charge is 0.194 e. The maximum atomic E-state index is 6.19. The largest absolute Gasteiger partial charge is 0.388 e. The second-order valence-electron chi connectivity index (χ2n) is 8.01. The highest BCUT2D eigenvalue weighted by Gasteiger charge is 2.54. The first kappa shape index (κ1) is 17.2. The van der Waals surface area contributed by atoms with Crippen molar-refractivity contribution >= 4 is 23.3 Å². The third kappa shape index (κ3) is 2.72. The molecule has 1 saturated heterocycles. The zero-order valence-electron chi connectivity index (χ0n) is 16.2. The van der Waals surface area contributed by atoms with Crippen molar-refractivity contribution in [2.75, 3.05) is 30.4 Å². The maximum absolute atomic E-state index is 6.19. The highest BCUT2D eigenvalue weighted by molar-refractivity contribution is 7.99. The Kier molecular flexibility index (Phi) is 3.82. The average Bonchev–Trinajstić information content (AvgIpc) is 3.12. The Balaban J connectivity index is 1.46. The topological polar surface area (TPSA) is 80.0 Å². The molecule has 2 aromatic heterocycles. The molecule has 1 aliphatic heterocycles. The van der Waals surface area contributed by atoms with Gasteiger partial charge in [-0.25, -0.2) is 9.97 Å². The summed E-state index contributed by atoms with van der Waals surface area (Å²) in [5.41, 5.74) is 12.2. The van der Waals surface area contributed by atoms with Crippen LogP contribution in [0, 0.1) is 11.8 Å². The van der Waals surface area contributed by atoms with Gasteiger partial charge in [0.05, 0.1) is 5.69 Å². The first-order chi connectivity index (χ1) is 14.2. The Bertz CT molecular complexity index is 1090. The number of nitrogens with one attached hydrogen (secondary N) is 1. The summed E-state index contributed by atoms with van der Waals surface area (Å²) in [5.74, 6) is 2.28. The van der Waals surface area contributed by atoms with Crippen LogP contribution in [0.2, 0.25) is 0 Å². The summed E-state index contributed by atoms with van der Waals surface area (Å²) in [4.78, 5) is 17.7. The number of hydrogen-bond donors (Lipinski definition) is 2. The molecule has 0 bridgehead atoms. The van der Waals surface area contributed by atoms with Crippen molar-refractivity contribution < 1.29 is 0 Å². The van der Waals surface area contributed by atoms with E-state index in [2.05, 4.69) is 33.4 Å². The molecule has 3 heterocycles. The summed E-state index contributed by atoms with van der Waals surface area (Å²) >= 11 is 1.58. The number of aromatic nitrogens is 3. The molecule has 2 atom stereocenters. The number of piperidine rings is 1. The summed E-state index contributed by atoms with van der Waals surface area (Å²) in [6, 6.07) is 10.8. The van der Waals surface area contributed by atoms with Crippen molar-refractivity contribution in [2.24, 2.45) is 17.6 Å². The number of anilines is 2. The van der Waals surface area contributed by atoms with Crippen LogP contribution in [0.15, 0.2) is 52.8 Å². The Labute approximate surface area is 174 Å². The Morgan fingerprint density at radius 1 is 1.14 bits per heavy atom. The van der Waals surface area contributed by atoms with Crippen LogP contribution in [0.3, 0.4) is 0 Å². The number of fused-ring (bicyclic) bond motifs is 4. The molecule has 1 saturated carbocycles. The predicted molar refractivity (Wildman–Crippen MR) is 115 cm³/mol. The van der Waals surface area contributed by atoms with Crippen LogP contribution in [0.25, 0.3) is 11.1 Å². The Hall–Kier alpha value is -2.64. The first-order valence-electron chi connectivity index (χ1n) is 10.0. The number of pyridine rings is 1. The Morgan fingerprint density at radius 2 is 2.00 bits per heavy atom. The van der Waals surface area contributed by atoms with E-state index in [1.165, 1.54) is 22.4 Å². The van der Waals surface area contributed by atoms with Crippen molar-refractivity contribution in [2.45, 2.75) is 22.5 Å². The lowest BCUT2D eigenvalue weighted by Crippen LogP contribution is -2.29. The van der Waals surface area contributed by atoms with Gasteiger partial charge in [0.25, 0.3) is 0 Å². The molecule has 3 N–H and O–H groups in total. The van der Waals surface area contributed by atoms with Crippen molar-refractivity contribution in [1.29, 1.82) is 0 Å². The fourth-order valence-electron chi connectivity index (χ4n) is 4.82. The van der Waals surface area contributed by atoms with E-state index < -0.39 is 0 Å². The highest BCUT2D eigenvalue weighted by Crippen LogP contribution is 2.50. The van der Waals surface area contributed by atoms with Gasteiger partial charge in [-0.15, -0.1) is 0 Å². The molecule has 1 aromatic carbocycles. The van der Waals surface area contributed by atoms with Crippen LogP contribution in [-0.4, -0.2) is 41.1 Å².